The zero-order valence-corrected chi connectivity index (χ0v) is 18.2. The smallest absolute Gasteiger partial charge is 0.0147 e. The Morgan fingerprint density at radius 1 is 1.12 bits per heavy atom. The molecule has 2 heterocycles. The molecule has 0 aromatic heterocycles. The fraction of sp³-hybridized carbons (Fsp3) is 0.750. The fourth-order valence-electron chi connectivity index (χ4n) is 3.65. The molecular formula is C24H44N2. The predicted octanol–water partition coefficient (Wildman–Crippen LogP) is 6.51. The van der Waals surface area contributed by atoms with Gasteiger partial charge in [0.25, 0.3) is 0 Å². The van der Waals surface area contributed by atoms with Crippen molar-refractivity contribution >= 4 is 0 Å². The molecule has 2 aliphatic heterocycles. The highest BCUT2D eigenvalue weighted by molar-refractivity contribution is 5.33. The number of unbranched alkanes of at least 4 members (excludes halogenated alkanes) is 2. The van der Waals surface area contributed by atoms with Gasteiger partial charge in [-0.05, 0) is 89.4 Å². The Hall–Kier alpha value is -1.02. The maximum Gasteiger partial charge on any atom is 0.0147 e. The van der Waals surface area contributed by atoms with Gasteiger partial charge in [0, 0.05) is 12.2 Å². The first-order valence-electron chi connectivity index (χ1n) is 11.1. The van der Waals surface area contributed by atoms with Gasteiger partial charge in [-0.15, -0.1) is 0 Å². The summed E-state index contributed by atoms with van der Waals surface area (Å²) in [5.41, 5.74) is 5.87. The highest BCUT2D eigenvalue weighted by Gasteiger charge is 2.13. The second-order valence-corrected chi connectivity index (χ2v) is 8.20. The summed E-state index contributed by atoms with van der Waals surface area (Å²) in [6.45, 7) is 14.6. The molecule has 0 aromatic rings. The molecule has 2 heteroatoms. The van der Waals surface area contributed by atoms with E-state index in [1.165, 1.54) is 87.7 Å². The van der Waals surface area contributed by atoms with Gasteiger partial charge >= 0.3 is 0 Å². The van der Waals surface area contributed by atoms with Crippen LogP contribution in [0.25, 0.3) is 0 Å². The molecule has 2 rings (SSSR count). The van der Waals surface area contributed by atoms with Crippen LogP contribution in [0.1, 0.15) is 92.4 Å². The van der Waals surface area contributed by atoms with E-state index in [1.54, 1.807) is 5.57 Å². The predicted molar refractivity (Wildman–Crippen MR) is 117 cm³/mol. The number of hydrogen-bond acceptors (Lipinski definition) is 2. The van der Waals surface area contributed by atoms with Gasteiger partial charge in [-0.25, -0.2) is 0 Å². The van der Waals surface area contributed by atoms with Gasteiger partial charge in [-0.3, -0.25) is 0 Å². The number of nitrogens with one attached hydrogen (secondary N) is 2. The van der Waals surface area contributed by atoms with Crippen molar-refractivity contribution in [2.45, 2.75) is 92.4 Å². The normalized spacial score (nSPS) is 20.0. The maximum atomic E-state index is 3.48. The van der Waals surface area contributed by atoms with Crippen LogP contribution in [-0.4, -0.2) is 19.6 Å². The summed E-state index contributed by atoms with van der Waals surface area (Å²) in [6.07, 6.45) is 16.6. The van der Waals surface area contributed by atoms with Crippen LogP contribution >= 0.6 is 0 Å². The van der Waals surface area contributed by atoms with Crippen LogP contribution in [0.2, 0.25) is 0 Å². The van der Waals surface area contributed by atoms with Crippen LogP contribution < -0.4 is 10.6 Å². The van der Waals surface area contributed by atoms with Crippen molar-refractivity contribution in [2.75, 3.05) is 19.6 Å². The van der Waals surface area contributed by atoms with Gasteiger partial charge in [0.1, 0.15) is 0 Å². The molecule has 1 unspecified atom stereocenters. The van der Waals surface area contributed by atoms with E-state index in [4.69, 9.17) is 0 Å². The summed E-state index contributed by atoms with van der Waals surface area (Å²) in [7, 11) is 0. The molecule has 2 nitrogen and oxygen atoms in total. The Morgan fingerprint density at radius 2 is 1.88 bits per heavy atom. The van der Waals surface area contributed by atoms with Crippen LogP contribution in [0.15, 0.2) is 34.6 Å². The molecule has 26 heavy (non-hydrogen) atoms. The summed E-state index contributed by atoms with van der Waals surface area (Å²) in [5.74, 6) is 0.950. The second kappa shape index (κ2) is 14.1. The highest BCUT2D eigenvalue weighted by atomic mass is 14.9. The van der Waals surface area contributed by atoms with E-state index in [9.17, 15) is 0 Å². The van der Waals surface area contributed by atoms with Crippen molar-refractivity contribution in [3.05, 3.63) is 34.6 Å². The Morgan fingerprint density at radius 3 is 2.50 bits per heavy atom. The lowest BCUT2D eigenvalue weighted by Gasteiger charge is -2.17. The van der Waals surface area contributed by atoms with Crippen LogP contribution in [0.5, 0.6) is 0 Å². The van der Waals surface area contributed by atoms with E-state index in [-0.39, 0.29) is 0 Å². The molecule has 0 spiro atoms. The lowest BCUT2D eigenvalue weighted by Crippen LogP contribution is -2.19. The van der Waals surface area contributed by atoms with Gasteiger partial charge < -0.3 is 10.6 Å². The number of hydrogen-bond donors (Lipinski definition) is 2. The van der Waals surface area contributed by atoms with E-state index >= 15 is 0 Å². The average molecular weight is 361 g/mol. The first-order chi connectivity index (χ1) is 12.6. The molecule has 0 radical (unpaired) electrons. The molecule has 0 aromatic carbocycles. The Balaban J connectivity index is 0.00000105. The molecule has 1 saturated heterocycles. The Kier molecular flexibility index (Phi) is 12.5. The molecule has 2 N–H and O–H groups in total. The minimum absolute atomic E-state index is 0.950. The molecule has 150 valence electrons. The topological polar surface area (TPSA) is 24.1 Å². The first-order valence-corrected chi connectivity index (χ1v) is 11.1. The summed E-state index contributed by atoms with van der Waals surface area (Å²) >= 11 is 0. The molecule has 1 fully saturated rings. The maximum absolute atomic E-state index is 3.48. The van der Waals surface area contributed by atoms with E-state index in [0.29, 0.717) is 0 Å². The number of allylic oxidation sites excluding steroid dienone is 6. The first kappa shape index (κ1) is 23.0. The molecular weight excluding hydrogens is 316 g/mol. The van der Waals surface area contributed by atoms with Gasteiger partial charge in [-0.2, -0.15) is 0 Å². The van der Waals surface area contributed by atoms with Crippen molar-refractivity contribution in [3.8, 4) is 0 Å². The van der Waals surface area contributed by atoms with Crippen LogP contribution in [-0.2, 0) is 0 Å². The van der Waals surface area contributed by atoms with Crippen molar-refractivity contribution in [1.29, 1.82) is 0 Å². The summed E-state index contributed by atoms with van der Waals surface area (Å²) in [5, 5.41) is 6.95. The molecule has 0 bridgehead atoms. The van der Waals surface area contributed by atoms with Crippen LogP contribution in [0.4, 0.5) is 0 Å². The van der Waals surface area contributed by atoms with Crippen molar-refractivity contribution in [2.24, 2.45) is 5.92 Å². The zero-order valence-electron chi connectivity index (χ0n) is 18.2. The summed E-state index contributed by atoms with van der Waals surface area (Å²) in [6, 6.07) is 0. The van der Waals surface area contributed by atoms with Crippen LogP contribution in [0, 0.1) is 5.92 Å². The third-order valence-corrected chi connectivity index (χ3v) is 5.34. The van der Waals surface area contributed by atoms with Gasteiger partial charge in [0.05, 0.1) is 0 Å². The number of rotatable bonds is 8. The van der Waals surface area contributed by atoms with Crippen molar-refractivity contribution in [3.63, 3.8) is 0 Å². The molecule has 2 aliphatic rings. The van der Waals surface area contributed by atoms with Crippen molar-refractivity contribution in [1.82, 2.24) is 10.6 Å². The largest absolute Gasteiger partial charge is 0.388 e. The summed E-state index contributed by atoms with van der Waals surface area (Å²) in [4.78, 5) is 0. The van der Waals surface area contributed by atoms with Crippen LogP contribution in [0.3, 0.4) is 0 Å². The zero-order chi connectivity index (χ0) is 19.2. The minimum Gasteiger partial charge on any atom is -0.388 e. The van der Waals surface area contributed by atoms with E-state index < -0.39 is 0 Å². The third kappa shape index (κ3) is 9.62. The molecule has 0 saturated carbocycles. The van der Waals surface area contributed by atoms with E-state index in [1.807, 2.05) is 0 Å². The molecule has 0 amide bonds. The van der Waals surface area contributed by atoms with Gasteiger partial charge in [-0.1, -0.05) is 50.8 Å². The molecule has 1 atom stereocenters. The third-order valence-electron chi connectivity index (χ3n) is 5.34. The minimum atomic E-state index is 0.950. The summed E-state index contributed by atoms with van der Waals surface area (Å²) < 4.78 is 0. The fourth-order valence-corrected chi connectivity index (χ4v) is 3.65. The SMILES string of the molecule is CC(C)=C(/C=C\C1=C(C)NCCC1)CCCCCC1CCNC1.CCC. The lowest BCUT2D eigenvalue weighted by atomic mass is 9.97. The van der Waals surface area contributed by atoms with Gasteiger partial charge in [0.15, 0.2) is 0 Å². The second-order valence-electron chi connectivity index (χ2n) is 8.20. The Labute approximate surface area is 163 Å². The lowest BCUT2D eigenvalue weighted by molar-refractivity contribution is 0.490. The highest BCUT2D eigenvalue weighted by Crippen LogP contribution is 2.21. The van der Waals surface area contributed by atoms with E-state index in [0.717, 1.165) is 12.5 Å². The van der Waals surface area contributed by atoms with Crippen molar-refractivity contribution < 1.29 is 0 Å². The monoisotopic (exact) mass is 360 g/mol. The molecule has 0 aliphatic carbocycles. The average Bonchev–Trinajstić information content (AvgIpc) is 3.12. The quantitative estimate of drug-likeness (QED) is 0.381. The van der Waals surface area contributed by atoms with Gasteiger partial charge in [0.2, 0.25) is 0 Å². The standard InChI is InChI=1S/C21H36N2.C3H8/c1-17(2)20(11-12-21-10-7-14-23-18(21)3)9-6-4-5-8-19-13-15-22-16-19;1-3-2/h11-12,19,22-23H,4-10,13-16H2,1-3H3;3H2,1-2H3/b12-11-;. The Bertz CT molecular complexity index is 461. The van der Waals surface area contributed by atoms with E-state index in [2.05, 4.69) is 57.4 Å².